The van der Waals surface area contributed by atoms with E-state index in [0.717, 1.165) is 17.1 Å². The molecule has 3 unspecified atom stereocenters. The quantitative estimate of drug-likeness (QED) is 0.875. The minimum Gasteiger partial charge on any atom is -0.346 e. The number of carbonyl (C=O) groups is 1. The Morgan fingerprint density at radius 1 is 1.56 bits per heavy atom. The van der Waals surface area contributed by atoms with E-state index >= 15 is 0 Å². The van der Waals surface area contributed by atoms with Gasteiger partial charge in [-0.1, -0.05) is 20.3 Å². The largest absolute Gasteiger partial charge is 0.346 e. The van der Waals surface area contributed by atoms with Crippen LogP contribution in [-0.2, 0) is 4.79 Å². The summed E-state index contributed by atoms with van der Waals surface area (Å²) in [5.41, 5.74) is 6.86. The molecule has 4 nitrogen and oxygen atoms in total. The zero-order valence-electron chi connectivity index (χ0n) is 11.3. The molecule has 3 N–H and O–H groups in total. The molecule has 1 rings (SSSR count). The van der Waals surface area contributed by atoms with Crippen LogP contribution in [0.3, 0.4) is 0 Å². The SMILES string of the molecule is CCC(C)C(N)C(=O)NC(C)c1nc(C)cs1.Cl. The lowest BCUT2D eigenvalue weighted by atomic mass is 9.99. The molecule has 0 aromatic carbocycles. The Bertz CT molecular complexity index is 383. The van der Waals surface area contributed by atoms with E-state index in [-0.39, 0.29) is 30.3 Å². The van der Waals surface area contributed by atoms with Crippen LogP contribution in [0.1, 0.15) is 43.9 Å². The van der Waals surface area contributed by atoms with Gasteiger partial charge in [-0.15, -0.1) is 23.7 Å². The molecular weight excluding hydrogens is 270 g/mol. The molecule has 0 radical (unpaired) electrons. The maximum absolute atomic E-state index is 11.9. The van der Waals surface area contributed by atoms with Crippen molar-refractivity contribution in [2.75, 3.05) is 0 Å². The molecule has 6 heteroatoms. The average Bonchev–Trinajstić information content (AvgIpc) is 2.73. The van der Waals surface area contributed by atoms with Gasteiger partial charge in [0.15, 0.2) is 0 Å². The summed E-state index contributed by atoms with van der Waals surface area (Å²) in [4.78, 5) is 16.2. The van der Waals surface area contributed by atoms with Crippen molar-refractivity contribution < 1.29 is 4.79 Å². The van der Waals surface area contributed by atoms with E-state index in [0.29, 0.717) is 0 Å². The van der Waals surface area contributed by atoms with Crippen molar-refractivity contribution in [2.45, 2.75) is 46.2 Å². The Labute approximate surface area is 119 Å². The molecule has 3 atom stereocenters. The number of thiazole rings is 1. The number of amides is 1. The summed E-state index contributed by atoms with van der Waals surface area (Å²) in [6.45, 7) is 7.90. The molecule has 0 saturated carbocycles. The fraction of sp³-hybridized carbons (Fsp3) is 0.667. The van der Waals surface area contributed by atoms with E-state index in [2.05, 4.69) is 10.3 Å². The Balaban J connectivity index is 0.00000289. The van der Waals surface area contributed by atoms with Crippen LogP contribution in [0.4, 0.5) is 0 Å². The molecule has 0 aliphatic rings. The monoisotopic (exact) mass is 291 g/mol. The summed E-state index contributed by atoms with van der Waals surface area (Å²) >= 11 is 1.56. The number of rotatable bonds is 5. The van der Waals surface area contributed by atoms with Crippen molar-refractivity contribution in [1.29, 1.82) is 0 Å². The number of halogens is 1. The molecule has 18 heavy (non-hydrogen) atoms. The molecular formula is C12H22ClN3OS. The molecule has 0 spiro atoms. The van der Waals surface area contributed by atoms with Crippen molar-refractivity contribution in [1.82, 2.24) is 10.3 Å². The summed E-state index contributed by atoms with van der Waals surface area (Å²) in [5.74, 6) is 0.0972. The third-order valence-corrected chi connectivity index (χ3v) is 4.07. The predicted molar refractivity (Wildman–Crippen MR) is 78.1 cm³/mol. The molecule has 0 aliphatic carbocycles. The molecule has 1 amide bonds. The van der Waals surface area contributed by atoms with Gasteiger partial charge in [0.2, 0.25) is 5.91 Å². The molecule has 0 saturated heterocycles. The van der Waals surface area contributed by atoms with E-state index in [1.807, 2.05) is 33.1 Å². The fourth-order valence-corrected chi connectivity index (χ4v) is 2.26. The fourth-order valence-electron chi connectivity index (χ4n) is 1.45. The lowest BCUT2D eigenvalue weighted by molar-refractivity contribution is -0.124. The smallest absolute Gasteiger partial charge is 0.237 e. The van der Waals surface area contributed by atoms with E-state index < -0.39 is 6.04 Å². The number of carbonyl (C=O) groups excluding carboxylic acids is 1. The van der Waals surface area contributed by atoms with Crippen LogP contribution < -0.4 is 11.1 Å². The van der Waals surface area contributed by atoms with Crippen LogP contribution in [-0.4, -0.2) is 16.9 Å². The summed E-state index contributed by atoms with van der Waals surface area (Å²) in [6, 6.07) is -0.514. The first-order valence-electron chi connectivity index (χ1n) is 5.93. The summed E-state index contributed by atoms with van der Waals surface area (Å²) < 4.78 is 0. The zero-order chi connectivity index (χ0) is 13.0. The Morgan fingerprint density at radius 2 is 2.17 bits per heavy atom. The number of hydrogen-bond acceptors (Lipinski definition) is 4. The zero-order valence-corrected chi connectivity index (χ0v) is 12.9. The highest BCUT2D eigenvalue weighted by Gasteiger charge is 2.21. The van der Waals surface area contributed by atoms with E-state index in [1.54, 1.807) is 11.3 Å². The van der Waals surface area contributed by atoms with E-state index in [9.17, 15) is 4.79 Å². The summed E-state index contributed by atoms with van der Waals surface area (Å²) in [7, 11) is 0. The lowest BCUT2D eigenvalue weighted by Gasteiger charge is -2.20. The average molecular weight is 292 g/mol. The minimum atomic E-state index is -0.441. The van der Waals surface area contributed by atoms with Crippen LogP contribution in [0.5, 0.6) is 0 Å². The van der Waals surface area contributed by atoms with Crippen molar-refractivity contribution >= 4 is 29.7 Å². The normalized spacial score (nSPS) is 15.4. The highest BCUT2D eigenvalue weighted by Crippen LogP contribution is 2.17. The van der Waals surface area contributed by atoms with Crippen LogP contribution in [0, 0.1) is 12.8 Å². The molecule has 0 fully saturated rings. The highest BCUT2D eigenvalue weighted by atomic mass is 35.5. The second-order valence-electron chi connectivity index (χ2n) is 4.47. The minimum absolute atomic E-state index is 0. The lowest BCUT2D eigenvalue weighted by Crippen LogP contribution is -2.45. The number of hydrogen-bond donors (Lipinski definition) is 2. The van der Waals surface area contributed by atoms with Crippen molar-refractivity contribution in [3.63, 3.8) is 0 Å². The molecule has 1 aromatic heterocycles. The molecule has 104 valence electrons. The number of nitrogens with two attached hydrogens (primary N) is 1. The van der Waals surface area contributed by atoms with Gasteiger partial charge in [0.1, 0.15) is 5.01 Å². The maximum atomic E-state index is 11.9. The first kappa shape index (κ1) is 17.4. The number of nitrogens with zero attached hydrogens (tertiary/aromatic N) is 1. The van der Waals surface area contributed by atoms with Crippen LogP contribution in [0.25, 0.3) is 0 Å². The first-order valence-corrected chi connectivity index (χ1v) is 6.81. The molecule has 0 aliphatic heterocycles. The van der Waals surface area contributed by atoms with Gasteiger partial charge in [-0.05, 0) is 19.8 Å². The number of aryl methyl sites for hydroxylation is 1. The Morgan fingerprint density at radius 3 is 2.61 bits per heavy atom. The number of nitrogens with one attached hydrogen (secondary N) is 1. The first-order chi connectivity index (χ1) is 7.95. The van der Waals surface area contributed by atoms with E-state index in [1.165, 1.54) is 0 Å². The molecule has 0 bridgehead atoms. The second-order valence-corrected chi connectivity index (χ2v) is 5.36. The third kappa shape index (κ3) is 4.55. The van der Waals surface area contributed by atoms with Gasteiger partial charge in [-0.3, -0.25) is 4.79 Å². The van der Waals surface area contributed by atoms with Gasteiger partial charge in [0.05, 0.1) is 12.1 Å². The molecule has 1 aromatic rings. The van der Waals surface area contributed by atoms with Crippen LogP contribution in [0.2, 0.25) is 0 Å². The third-order valence-electron chi connectivity index (χ3n) is 2.93. The standard InChI is InChI=1S/C12H21N3OS.ClH/c1-5-7(2)10(13)11(16)15-9(4)12-14-8(3)6-17-12;/h6-7,9-10H,5,13H2,1-4H3,(H,15,16);1H. The Hall–Kier alpha value is -0.650. The second kappa shape index (κ2) is 7.71. The van der Waals surface area contributed by atoms with Crippen molar-refractivity contribution in [3.05, 3.63) is 16.1 Å². The number of aromatic nitrogens is 1. The predicted octanol–water partition coefficient (Wildman–Crippen LogP) is 2.42. The van der Waals surface area contributed by atoms with Crippen molar-refractivity contribution in [3.8, 4) is 0 Å². The van der Waals surface area contributed by atoms with Crippen LogP contribution >= 0.6 is 23.7 Å². The van der Waals surface area contributed by atoms with E-state index in [4.69, 9.17) is 5.73 Å². The summed E-state index contributed by atoms with van der Waals surface area (Å²) in [6.07, 6.45) is 0.902. The van der Waals surface area contributed by atoms with Gasteiger partial charge >= 0.3 is 0 Å². The summed E-state index contributed by atoms with van der Waals surface area (Å²) in [5, 5.41) is 5.81. The van der Waals surface area contributed by atoms with Gasteiger partial charge in [-0.2, -0.15) is 0 Å². The maximum Gasteiger partial charge on any atom is 0.237 e. The van der Waals surface area contributed by atoms with Crippen molar-refractivity contribution in [2.24, 2.45) is 11.7 Å². The Kier molecular flexibility index (Phi) is 7.43. The van der Waals surface area contributed by atoms with Gasteiger partial charge in [0.25, 0.3) is 0 Å². The molecule has 1 heterocycles. The van der Waals surface area contributed by atoms with Crippen LogP contribution in [0.15, 0.2) is 5.38 Å². The topological polar surface area (TPSA) is 68.0 Å². The van der Waals surface area contributed by atoms with Gasteiger partial charge < -0.3 is 11.1 Å². The van der Waals surface area contributed by atoms with Gasteiger partial charge in [-0.25, -0.2) is 4.98 Å². The highest BCUT2D eigenvalue weighted by molar-refractivity contribution is 7.09. The van der Waals surface area contributed by atoms with Gasteiger partial charge in [0, 0.05) is 11.1 Å².